The van der Waals surface area contributed by atoms with Crippen LogP contribution in [0.3, 0.4) is 0 Å². The monoisotopic (exact) mass is 375 g/mol. The Labute approximate surface area is 155 Å². The molecule has 2 bridgehead atoms. The number of benzene rings is 1. The molecule has 2 aromatic rings. The van der Waals surface area contributed by atoms with E-state index in [2.05, 4.69) is 4.98 Å². The van der Waals surface area contributed by atoms with Gasteiger partial charge in [0.1, 0.15) is 28.6 Å². The first kappa shape index (κ1) is 16.8. The molecule has 3 unspecified atom stereocenters. The van der Waals surface area contributed by atoms with Crippen molar-refractivity contribution in [3.05, 3.63) is 52.2 Å². The van der Waals surface area contributed by atoms with E-state index in [1.165, 1.54) is 0 Å². The zero-order valence-corrected chi connectivity index (χ0v) is 15.6. The van der Waals surface area contributed by atoms with Gasteiger partial charge < -0.3 is 9.47 Å². The van der Waals surface area contributed by atoms with Crippen LogP contribution in [0.15, 0.2) is 42.3 Å². The van der Waals surface area contributed by atoms with Crippen LogP contribution in [0.1, 0.15) is 37.7 Å². The van der Waals surface area contributed by atoms with E-state index in [0.717, 1.165) is 28.3 Å². The SMILES string of the molecule is CC(OC1=CC(=O)C2(C)CCC1O2)c1cnc(-c2ccc(Cl)cc2)s1. The van der Waals surface area contributed by atoms with E-state index in [0.29, 0.717) is 10.8 Å². The van der Waals surface area contributed by atoms with Gasteiger partial charge in [0.15, 0.2) is 5.78 Å². The van der Waals surface area contributed by atoms with Crippen molar-refractivity contribution in [1.82, 2.24) is 4.98 Å². The van der Waals surface area contributed by atoms with Gasteiger partial charge in [-0.1, -0.05) is 23.7 Å². The van der Waals surface area contributed by atoms with E-state index in [9.17, 15) is 4.79 Å². The Bertz CT molecular complexity index is 845. The molecule has 6 heteroatoms. The Hall–Kier alpha value is -1.69. The fourth-order valence-electron chi connectivity index (χ4n) is 3.17. The Morgan fingerprint density at radius 2 is 2.16 bits per heavy atom. The van der Waals surface area contributed by atoms with Crippen molar-refractivity contribution in [2.24, 2.45) is 0 Å². The number of ether oxygens (including phenoxy) is 2. The smallest absolute Gasteiger partial charge is 0.190 e. The van der Waals surface area contributed by atoms with Crippen LogP contribution in [0.25, 0.3) is 10.6 Å². The number of ketones is 1. The molecule has 0 N–H and O–H groups in total. The zero-order chi connectivity index (χ0) is 17.6. The van der Waals surface area contributed by atoms with E-state index in [-0.39, 0.29) is 18.0 Å². The van der Waals surface area contributed by atoms with Crippen LogP contribution < -0.4 is 0 Å². The van der Waals surface area contributed by atoms with E-state index < -0.39 is 5.60 Å². The highest BCUT2D eigenvalue weighted by Crippen LogP contribution is 2.41. The molecular weight excluding hydrogens is 358 g/mol. The summed E-state index contributed by atoms with van der Waals surface area (Å²) in [4.78, 5) is 17.7. The molecule has 1 aromatic carbocycles. The van der Waals surface area contributed by atoms with Gasteiger partial charge in [-0.05, 0) is 38.8 Å². The van der Waals surface area contributed by atoms with Crippen LogP contribution >= 0.6 is 22.9 Å². The van der Waals surface area contributed by atoms with Crippen molar-refractivity contribution in [3.63, 3.8) is 0 Å². The third-order valence-electron chi connectivity index (χ3n) is 4.73. The van der Waals surface area contributed by atoms with Gasteiger partial charge in [-0.3, -0.25) is 4.79 Å². The molecule has 1 aromatic heterocycles. The second kappa shape index (κ2) is 6.24. The summed E-state index contributed by atoms with van der Waals surface area (Å²) < 4.78 is 11.9. The van der Waals surface area contributed by atoms with E-state index in [1.807, 2.05) is 44.3 Å². The topological polar surface area (TPSA) is 48.4 Å². The standard InChI is InChI=1S/C19H18ClNO3S/c1-11(23-15-9-17(22)19(2)8-7-14(15)24-19)16-10-21-18(25-16)12-3-5-13(20)6-4-12/h3-6,9-11,14H,7-8H2,1-2H3. The quantitative estimate of drug-likeness (QED) is 0.758. The summed E-state index contributed by atoms with van der Waals surface area (Å²) in [5.74, 6) is 0.628. The molecule has 3 atom stereocenters. The highest BCUT2D eigenvalue weighted by Gasteiger charge is 2.47. The minimum Gasteiger partial charge on any atom is -0.487 e. The summed E-state index contributed by atoms with van der Waals surface area (Å²) in [6.07, 6.45) is 4.69. The number of carbonyl (C=O) groups is 1. The number of nitrogens with zero attached hydrogens (tertiary/aromatic N) is 1. The van der Waals surface area contributed by atoms with Gasteiger partial charge in [-0.2, -0.15) is 0 Å². The molecule has 4 nitrogen and oxygen atoms in total. The Kier molecular flexibility index (Phi) is 4.18. The first-order chi connectivity index (χ1) is 11.9. The summed E-state index contributed by atoms with van der Waals surface area (Å²) in [5, 5.41) is 1.62. The normalized spacial score (nSPS) is 26.4. The van der Waals surface area contributed by atoms with Crippen LogP contribution in [0.5, 0.6) is 0 Å². The average molecular weight is 376 g/mol. The van der Waals surface area contributed by atoms with Crippen molar-refractivity contribution >= 4 is 28.7 Å². The number of thiazole rings is 1. The fourth-order valence-corrected chi connectivity index (χ4v) is 4.20. The summed E-state index contributed by atoms with van der Waals surface area (Å²) in [6, 6.07) is 7.60. The maximum absolute atomic E-state index is 12.2. The lowest BCUT2D eigenvalue weighted by Gasteiger charge is -2.29. The zero-order valence-electron chi connectivity index (χ0n) is 14.0. The highest BCUT2D eigenvalue weighted by atomic mass is 35.5. The van der Waals surface area contributed by atoms with Gasteiger partial charge >= 0.3 is 0 Å². The summed E-state index contributed by atoms with van der Waals surface area (Å²) in [6.45, 7) is 3.82. The highest BCUT2D eigenvalue weighted by molar-refractivity contribution is 7.15. The van der Waals surface area contributed by atoms with Crippen LogP contribution in [-0.4, -0.2) is 22.5 Å². The molecule has 0 amide bonds. The van der Waals surface area contributed by atoms with Gasteiger partial charge in [-0.25, -0.2) is 4.98 Å². The predicted octanol–water partition coefficient (Wildman–Crippen LogP) is 4.95. The lowest BCUT2D eigenvalue weighted by Crippen LogP contribution is -2.38. The number of carbonyl (C=O) groups excluding carboxylic acids is 1. The fraction of sp³-hybridized carbons (Fsp3) is 0.368. The molecule has 0 saturated carbocycles. The maximum atomic E-state index is 12.2. The Balaban J connectivity index is 1.51. The van der Waals surface area contributed by atoms with Crippen LogP contribution in [0, 0.1) is 0 Å². The molecule has 1 fully saturated rings. The first-order valence-corrected chi connectivity index (χ1v) is 9.46. The number of fused-ring (bicyclic) bond motifs is 2. The molecule has 3 heterocycles. The second-order valence-electron chi connectivity index (χ2n) is 6.62. The lowest BCUT2D eigenvalue weighted by atomic mass is 9.98. The molecule has 130 valence electrons. The van der Waals surface area contributed by atoms with E-state index >= 15 is 0 Å². The van der Waals surface area contributed by atoms with Crippen LogP contribution in [0.4, 0.5) is 0 Å². The van der Waals surface area contributed by atoms with Crippen molar-refractivity contribution in [1.29, 1.82) is 0 Å². The van der Waals surface area contributed by atoms with E-state index in [4.69, 9.17) is 21.1 Å². The number of halogens is 1. The summed E-state index contributed by atoms with van der Waals surface area (Å²) in [7, 11) is 0. The third kappa shape index (κ3) is 3.12. The van der Waals surface area contributed by atoms with Gasteiger partial charge in [0, 0.05) is 22.9 Å². The molecule has 2 aliphatic rings. The third-order valence-corrected chi connectivity index (χ3v) is 6.19. The number of hydrogen-bond donors (Lipinski definition) is 0. The maximum Gasteiger partial charge on any atom is 0.190 e. The second-order valence-corrected chi connectivity index (χ2v) is 8.12. The van der Waals surface area contributed by atoms with Crippen LogP contribution in [0.2, 0.25) is 5.02 Å². The molecule has 0 spiro atoms. The van der Waals surface area contributed by atoms with Gasteiger partial charge in [0.05, 0.1) is 4.88 Å². The molecule has 1 saturated heterocycles. The Morgan fingerprint density at radius 1 is 1.40 bits per heavy atom. The van der Waals surface area contributed by atoms with Gasteiger partial charge in [0.2, 0.25) is 0 Å². The van der Waals surface area contributed by atoms with Gasteiger partial charge in [-0.15, -0.1) is 11.3 Å². The summed E-state index contributed by atoms with van der Waals surface area (Å²) >= 11 is 7.51. The number of rotatable bonds is 4. The number of hydrogen-bond acceptors (Lipinski definition) is 5. The molecular formula is C19H18ClNO3S. The van der Waals surface area contributed by atoms with Crippen molar-refractivity contribution < 1.29 is 14.3 Å². The minimum atomic E-state index is -0.660. The van der Waals surface area contributed by atoms with E-state index in [1.54, 1.807) is 17.4 Å². The molecule has 4 rings (SSSR count). The van der Waals surface area contributed by atoms with Crippen molar-refractivity contribution in [3.8, 4) is 10.6 Å². The Morgan fingerprint density at radius 3 is 2.92 bits per heavy atom. The van der Waals surface area contributed by atoms with Crippen molar-refractivity contribution in [2.75, 3.05) is 0 Å². The van der Waals surface area contributed by atoms with Crippen LogP contribution in [-0.2, 0) is 14.3 Å². The molecule has 0 aliphatic carbocycles. The predicted molar refractivity (Wildman–Crippen MR) is 97.7 cm³/mol. The molecule has 2 aliphatic heterocycles. The van der Waals surface area contributed by atoms with Gasteiger partial charge in [0.25, 0.3) is 0 Å². The van der Waals surface area contributed by atoms with Crippen molar-refractivity contribution in [2.45, 2.75) is 44.5 Å². The minimum absolute atomic E-state index is 0.00499. The first-order valence-electron chi connectivity index (χ1n) is 8.27. The largest absolute Gasteiger partial charge is 0.487 e. The average Bonchev–Trinajstić information content (AvgIpc) is 3.20. The molecule has 0 radical (unpaired) electrons. The lowest BCUT2D eigenvalue weighted by molar-refractivity contribution is -0.140. The summed E-state index contributed by atoms with van der Waals surface area (Å²) in [5.41, 5.74) is 0.363. The molecule has 25 heavy (non-hydrogen) atoms. The number of aromatic nitrogens is 1.